The second-order valence-electron chi connectivity index (χ2n) is 8.02. The average molecular weight is 421 g/mol. The number of hydrogen-bond donors (Lipinski definition) is 3. The highest BCUT2D eigenvalue weighted by Crippen LogP contribution is 2.26. The molecule has 0 spiro atoms. The minimum atomic E-state index is -0.622. The number of likely N-dealkylation sites (tertiary alicyclic amines) is 1. The average Bonchev–Trinajstić information content (AvgIpc) is 3.37. The second kappa shape index (κ2) is 9.66. The van der Waals surface area contributed by atoms with Gasteiger partial charge in [-0.2, -0.15) is 0 Å². The number of alkyl carbamates (subject to hydrolysis) is 1. The maximum absolute atomic E-state index is 12.3. The van der Waals surface area contributed by atoms with E-state index in [0.717, 1.165) is 29.4 Å². The number of nitrogens with zero attached hydrogens (tertiary/aromatic N) is 1. The largest absolute Gasteiger partial charge is 0.445 e. The summed E-state index contributed by atoms with van der Waals surface area (Å²) in [4.78, 5) is 29.8. The Bertz CT molecular complexity index is 1050. The van der Waals surface area contributed by atoms with E-state index in [1.54, 1.807) is 0 Å². The summed E-state index contributed by atoms with van der Waals surface area (Å²) in [6.07, 6.45) is 4.88. The van der Waals surface area contributed by atoms with Gasteiger partial charge in [-0.3, -0.25) is 4.79 Å². The molecule has 31 heavy (non-hydrogen) atoms. The molecule has 1 fully saturated rings. The molecule has 0 bridgehead atoms. The smallest absolute Gasteiger partial charge is 0.407 e. The number of carbonyl (C=O) groups is 2. The number of carbonyl (C=O) groups excluding carboxylic acids is 2. The molecule has 0 saturated carbocycles. The first-order chi connectivity index (χ1) is 15.1. The fourth-order valence-electron chi connectivity index (χ4n) is 4.05. The number of nitrogens with one attached hydrogen (secondary N) is 3. The summed E-state index contributed by atoms with van der Waals surface area (Å²) in [5, 5.41) is 6.45. The predicted octanol–water partition coefficient (Wildman–Crippen LogP) is 3.67. The monoisotopic (exact) mass is 420 g/mol. The van der Waals surface area contributed by atoms with Gasteiger partial charge < -0.3 is 25.3 Å². The van der Waals surface area contributed by atoms with Crippen LogP contribution in [0.3, 0.4) is 0 Å². The van der Waals surface area contributed by atoms with Crippen LogP contribution in [0.5, 0.6) is 0 Å². The van der Waals surface area contributed by atoms with Crippen LogP contribution in [-0.4, -0.2) is 48.1 Å². The van der Waals surface area contributed by atoms with Gasteiger partial charge in [-0.25, -0.2) is 4.79 Å². The Hall–Kier alpha value is -3.32. The van der Waals surface area contributed by atoms with Crippen LogP contribution in [0.1, 0.15) is 24.0 Å². The van der Waals surface area contributed by atoms with Crippen LogP contribution in [0.25, 0.3) is 10.9 Å². The third kappa shape index (κ3) is 5.44. The van der Waals surface area contributed by atoms with E-state index in [-0.39, 0.29) is 19.1 Å². The summed E-state index contributed by atoms with van der Waals surface area (Å²) in [5.41, 5.74) is 3.91. The van der Waals surface area contributed by atoms with E-state index in [1.165, 1.54) is 18.4 Å². The highest BCUT2D eigenvalue weighted by Gasteiger charge is 2.22. The summed E-state index contributed by atoms with van der Waals surface area (Å²) < 4.78 is 5.13. The molecular formula is C24H28N4O3. The summed E-state index contributed by atoms with van der Waals surface area (Å²) >= 11 is 0. The zero-order chi connectivity index (χ0) is 21.6. The third-order valence-electron chi connectivity index (χ3n) is 5.78. The van der Waals surface area contributed by atoms with Crippen molar-refractivity contribution in [2.45, 2.75) is 31.9 Å². The molecule has 1 atom stereocenters. The summed E-state index contributed by atoms with van der Waals surface area (Å²) in [6, 6.07) is 15.8. The zero-order valence-electron chi connectivity index (χ0n) is 17.7. The van der Waals surface area contributed by atoms with Crippen molar-refractivity contribution in [3.8, 4) is 0 Å². The Morgan fingerprint density at radius 2 is 2.03 bits per heavy atom. The first kappa shape index (κ1) is 20.9. The molecule has 7 nitrogen and oxygen atoms in total. The number of amides is 2. The molecule has 3 N–H and O–H groups in total. The van der Waals surface area contributed by atoms with Crippen molar-refractivity contribution in [1.82, 2.24) is 15.2 Å². The van der Waals surface area contributed by atoms with Crippen LogP contribution in [0, 0.1) is 0 Å². The molecule has 2 heterocycles. The zero-order valence-corrected chi connectivity index (χ0v) is 17.7. The van der Waals surface area contributed by atoms with Crippen LogP contribution < -0.4 is 10.6 Å². The molecule has 1 aliphatic rings. The van der Waals surface area contributed by atoms with Crippen molar-refractivity contribution in [3.63, 3.8) is 0 Å². The van der Waals surface area contributed by atoms with Crippen molar-refractivity contribution < 1.29 is 14.3 Å². The molecule has 2 amide bonds. The van der Waals surface area contributed by atoms with Gasteiger partial charge in [0.25, 0.3) is 0 Å². The van der Waals surface area contributed by atoms with Crippen LogP contribution in [0.4, 0.5) is 10.5 Å². The molecule has 0 aliphatic carbocycles. The first-order valence-corrected chi connectivity index (χ1v) is 10.6. The lowest BCUT2D eigenvalue weighted by atomic mass is 10.0. The van der Waals surface area contributed by atoms with Gasteiger partial charge in [0, 0.05) is 28.8 Å². The SMILES string of the molecule is CN1CCCC1Cc1c[nH]c2ccc(NC(=O)CNC(=O)OCc3ccccc3)cc12. The van der Waals surface area contributed by atoms with Crippen LogP contribution in [0.15, 0.2) is 54.7 Å². The fraction of sp³-hybridized carbons (Fsp3) is 0.333. The molecule has 162 valence electrons. The Morgan fingerprint density at radius 1 is 1.19 bits per heavy atom. The van der Waals surface area contributed by atoms with Gasteiger partial charge in [-0.15, -0.1) is 0 Å². The lowest BCUT2D eigenvalue weighted by molar-refractivity contribution is -0.115. The fourth-order valence-corrected chi connectivity index (χ4v) is 4.05. The molecule has 1 aromatic heterocycles. The number of aromatic nitrogens is 1. The molecule has 4 rings (SSSR count). The van der Waals surface area contributed by atoms with Crippen LogP contribution in [0.2, 0.25) is 0 Å². The quantitative estimate of drug-likeness (QED) is 0.544. The van der Waals surface area contributed by atoms with Crippen LogP contribution in [-0.2, 0) is 22.6 Å². The number of likely N-dealkylation sites (N-methyl/N-ethyl adjacent to an activating group) is 1. The minimum absolute atomic E-state index is 0.154. The normalized spacial score (nSPS) is 16.4. The van der Waals surface area contributed by atoms with Gasteiger partial charge >= 0.3 is 6.09 Å². The number of benzene rings is 2. The Balaban J connectivity index is 1.30. The number of aromatic amines is 1. The summed E-state index contributed by atoms with van der Waals surface area (Å²) in [7, 11) is 2.18. The topological polar surface area (TPSA) is 86.5 Å². The Kier molecular flexibility index (Phi) is 6.52. The van der Waals surface area contributed by atoms with E-state index in [1.807, 2.05) is 48.5 Å². The van der Waals surface area contributed by atoms with E-state index >= 15 is 0 Å². The molecule has 1 unspecified atom stereocenters. The molecule has 0 radical (unpaired) electrons. The van der Waals surface area contributed by atoms with E-state index in [0.29, 0.717) is 11.7 Å². The van der Waals surface area contributed by atoms with Crippen molar-refractivity contribution in [3.05, 3.63) is 65.9 Å². The Morgan fingerprint density at radius 3 is 2.81 bits per heavy atom. The number of rotatable bonds is 7. The van der Waals surface area contributed by atoms with Crippen molar-refractivity contribution in [1.29, 1.82) is 0 Å². The van der Waals surface area contributed by atoms with Gasteiger partial charge in [0.2, 0.25) is 5.91 Å². The maximum Gasteiger partial charge on any atom is 0.407 e. The second-order valence-corrected chi connectivity index (χ2v) is 8.02. The number of anilines is 1. The van der Waals surface area contributed by atoms with Crippen LogP contribution >= 0.6 is 0 Å². The summed E-state index contributed by atoms with van der Waals surface area (Å²) in [5.74, 6) is -0.302. The molecule has 1 aliphatic heterocycles. The van der Waals surface area contributed by atoms with Crippen molar-refractivity contribution >= 4 is 28.6 Å². The number of hydrogen-bond acceptors (Lipinski definition) is 4. The van der Waals surface area contributed by atoms with Gasteiger partial charge in [0.15, 0.2) is 0 Å². The Labute approximate surface area is 181 Å². The predicted molar refractivity (Wildman–Crippen MR) is 121 cm³/mol. The standard InChI is InChI=1S/C24H28N4O3/c1-28-11-5-8-20(28)12-18-14-25-22-10-9-19(13-21(18)22)27-23(29)15-26-24(30)31-16-17-6-3-2-4-7-17/h2-4,6-7,9-10,13-14,20,25H,5,8,11-12,15-16H2,1H3,(H,26,30)(H,27,29). The number of ether oxygens (including phenoxy) is 1. The van der Waals surface area contributed by atoms with Crippen molar-refractivity contribution in [2.24, 2.45) is 0 Å². The molecule has 2 aromatic carbocycles. The third-order valence-corrected chi connectivity index (χ3v) is 5.78. The lowest BCUT2D eigenvalue weighted by Crippen LogP contribution is -2.33. The van der Waals surface area contributed by atoms with Gasteiger partial charge in [-0.05, 0) is 62.2 Å². The van der Waals surface area contributed by atoms with E-state index in [2.05, 4.69) is 33.8 Å². The minimum Gasteiger partial charge on any atom is -0.445 e. The maximum atomic E-state index is 12.3. The molecule has 1 saturated heterocycles. The van der Waals surface area contributed by atoms with E-state index < -0.39 is 6.09 Å². The lowest BCUT2D eigenvalue weighted by Gasteiger charge is -2.18. The molecule has 3 aromatic rings. The van der Waals surface area contributed by atoms with E-state index in [9.17, 15) is 9.59 Å². The molecular weight excluding hydrogens is 392 g/mol. The first-order valence-electron chi connectivity index (χ1n) is 10.6. The number of fused-ring (bicyclic) bond motifs is 1. The van der Waals surface area contributed by atoms with Gasteiger partial charge in [0.05, 0.1) is 0 Å². The van der Waals surface area contributed by atoms with Crippen molar-refractivity contribution in [2.75, 3.05) is 25.5 Å². The summed E-state index contributed by atoms with van der Waals surface area (Å²) in [6.45, 7) is 1.16. The highest BCUT2D eigenvalue weighted by molar-refractivity contribution is 5.96. The van der Waals surface area contributed by atoms with Gasteiger partial charge in [-0.1, -0.05) is 30.3 Å². The van der Waals surface area contributed by atoms with Gasteiger partial charge in [0.1, 0.15) is 13.2 Å². The highest BCUT2D eigenvalue weighted by atomic mass is 16.5. The van der Waals surface area contributed by atoms with E-state index in [4.69, 9.17) is 4.74 Å². The number of H-pyrrole nitrogens is 1. The molecule has 7 heteroatoms.